The van der Waals surface area contributed by atoms with Crippen molar-refractivity contribution >= 4 is 0 Å². The van der Waals surface area contributed by atoms with Gasteiger partial charge in [-0.25, -0.2) is 0 Å². The van der Waals surface area contributed by atoms with E-state index in [4.69, 9.17) is 0 Å². The van der Waals surface area contributed by atoms with Crippen molar-refractivity contribution in [3.8, 4) is 0 Å². The van der Waals surface area contributed by atoms with E-state index in [-0.39, 0.29) is 0 Å². The predicted molar refractivity (Wildman–Crippen MR) is 44.8 cm³/mol. The molecule has 0 saturated carbocycles. The first-order valence-corrected chi connectivity index (χ1v) is 3.46. The maximum absolute atomic E-state index is 4.08. The van der Waals surface area contributed by atoms with Crippen molar-refractivity contribution in [1.29, 1.82) is 0 Å². The molecule has 57 valence electrons. The third-order valence-electron chi connectivity index (χ3n) is 1.14. The zero-order valence-corrected chi connectivity index (χ0v) is 6.78. The van der Waals surface area contributed by atoms with Crippen LogP contribution in [0.1, 0.15) is 5.69 Å². The first kappa shape index (κ1) is 7.79. The highest BCUT2D eigenvalue weighted by atomic mass is 15.0. The third-order valence-corrected chi connectivity index (χ3v) is 1.14. The lowest BCUT2D eigenvalue weighted by Gasteiger charge is -2.01. The first-order chi connectivity index (χ1) is 5.29. The van der Waals surface area contributed by atoms with Crippen molar-refractivity contribution in [1.82, 2.24) is 9.88 Å². The average Bonchev–Trinajstić information content (AvgIpc) is 2.03. The van der Waals surface area contributed by atoms with Crippen LogP contribution in [0.15, 0.2) is 30.6 Å². The monoisotopic (exact) mass is 147 g/mol. The van der Waals surface area contributed by atoms with E-state index in [1.165, 1.54) is 0 Å². The van der Waals surface area contributed by atoms with Gasteiger partial charge in [0.1, 0.15) is 0 Å². The molecule has 0 aliphatic rings. The second kappa shape index (κ2) is 3.76. The van der Waals surface area contributed by atoms with Crippen molar-refractivity contribution in [2.24, 2.45) is 0 Å². The lowest BCUT2D eigenvalue weighted by molar-refractivity contribution is 0.561. The molecular weight excluding hydrogens is 136 g/mol. The van der Waals surface area contributed by atoms with Crippen LogP contribution in [0.2, 0.25) is 0 Å². The molecule has 0 aliphatic carbocycles. The topological polar surface area (TPSA) is 16.1 Å². The molecule has 2 heteroatoms. The van der Waals surface area contributed by atoms with Gasteiger partial charge in [-0.3, -0.25) is 4.98 Å². The van der Waals surface area contributed by atoms with Gasteiger partial charge in [-0.15, -0.1) is 0 Å². The molecule has 0 N–H and O–H groups in total. The summed E-state index contributed by atoms with van der Waals surface area (Å²) in [5, 5.41) is 0. The first-order valence-electron chi connectivity index (χ1n) is 3.46. The number of aromatic nitrogens is 1. The number of hydrogen-bond donors (Lipinski definition) is 0. The Morgan fingerprint density at radius 3 is 2.82 bits per heavy atom. The summed E-state index contributed by atoms with van der Waals surface area (Å²) in [7, 11) is 3.91. The van der Waals surface area contributed by atoms with E-state index in [1.54, 1.807) is 6.20 Å². The Labute approximate surface area is 67.2 Å². The van der Waals surface area contributed by atoms with Crippen molar-refractivity contribution < 1.29 is 0 Å². The zero-order valence-electron chi connectivity index (χ0n) is 6.78. The van der Waals surface area contributed by atoms with Crippen LogP contribution in [-0.4, -0.2) is 24.0 Å². The van der Waals surface area contributed by atoms with Crippen molar-refractivity contribution in [2.75, 3.05) is 14.1 Å². The second-order valence-corrected chi connectivity index (χ2v) is 2.45. The van der Waals surface area contributed by atoms with Gasteiger partial charge in [0.25, 0.3) is 0 Å². The van der Waals surface area contributed by atoms with Gasteiger partial charge in [-0.1, -0.05) is 6.07 Å². The van der Waals surface area contributed by atoms with Gasteiger partial charge < -0.3 is 4.90 Å². The summed E-state index contributed by atoms with van der Waals surface area (Å²) in [5.41, 5.74) is 0.862. The Bertz CT molecular complexity index is 227. The Balaban J connectivity index is 2.65. The molecule has 0 atom stereocenters. The van der Waals surface area contributed by atoms with Crippen LogP contribution >= 0.6 is 0 Å². The molecule has 1 rings (SSSR count). The van der Waals surface area contributed by atoms with Gasteiger partial charge in [0.05, 0.1) is 5.69 Å². The van der Waals surface area contributed by atoms with Crippen molar-refractivity contribution in [2.45, 2.75) is 0 Å². The second-order valence-electron chi connectivity index (χ2n) is 2.45. The fourth-order valence-electron chi connectivity index (χ4n) is 0.643. The summed E-state index contributed by atoms with van der Waals surface area (Å²) in [5.74, 6) is 0. The molecular formula is C9H11N2. The molecule has 0 spiro atoms. The molecule has 2 nitrogen and oxygen atoms in total. The van der Waals surface area contributed by atoms with Crippen LogP contribution in [0.3, 0.4) is 0 Å². The molecule has 0 amide bonds. The average molecular weight is 147 g/mol. The van der Waals surface area contributed by atoms with Crippen LogP contribution in [0, 0.1) is 6.08 Å². The van der Waals surface area contributed by atoms with Gasteiger partial charge in [0.2, 0.25) is 0 Å². The number of hydrogen-bond acceptors (Lipinski definition) is 2. The lowest BCUT2D eigenvalue weighted by Crippen LogP contribution is -2.00. The summed E-state index contributed by atoms with van der Waals surface area (Å²) >= 11 is 0. The highest BCUT2D eigenvalue weighted by molar-refractivity contribution is 5.11. The normalized spacial score (nSPS) is 10.4. The summed E-state index contributed by atoms with van der Waals surface area (Å²) in [6, 6.07) is 5.75. The SMILES string of the molecule is CN(C)/C=[C]/c1ccccn1. The number of rotatable bonds is 2. The van der Waals surface area contributed by atoms with Crippen LogP contribution in [-0.2, 0) is 0 Å². The maximum atomic E-state index is 4.08. The quantitative estimate of drug-likeness (QED) is 0.627. The molecule has 0 unspecified atom stereocenters. The molecule has 1 aromatic rings. The molecule has 0 aliphatic heterocycles. The highest BCUT2D eigenvalue weighted by Crippen LogP contribution is 1.92. The molecule has 0 saturated heterocycles. The summed E-state index contributed by atoms with van der Waals surface area (Å²) < 4.78 is 0. The molecule has 0 fully saturated rings. The Morgan fingerprint density at radius 1 is 1.45 bits per heavy atom. The van der Waals surface area contributed by atoms with Crippen LogP contribution in [0.4, 0.5) is 0 Å². The van der Waals surface area contributed by atoms with Gasteiger partial charge in [0.15, 0.2) is 0 Å². The molecule has 0 aromatic carbocycles. The third kappa shape index (κ3) is 2.85. The van der Waals surface area contributed by atoms with E-state index in [0.717, 1.165) is 5.69 Å². The summed E-state index contributed by atoms with van der Waals surface area (Å²) in [6.07, 6.45) is 6.64. The Morgan fingerprint density at radius 2 is 2.27 bits per heavy atom. The maximum Gasteiger partial charge on any atom is 0.0723 e. The van der Waals surface area contributed by atoms with E-state index in [2.05, 4.69) is 11.1 Å². The number of pyridine rings is 1. The van der Waals surface area contributed by atoms with E-state index < -0.39 is 0 Å². The van der Waals surface area contributed by atoms with E-state index in [9.17, 15) is 0 Å². The van der Waals surface area contributed by atoms with Crippen LogP contribution in [0.25, 0.3) is 0 Å². The fraction of sp³-hybridized carbons (Fsp3) is 0.222. The number of nitrogens with zero attached hydrogens (tertiary/aromatic N) is 2. The van der Waals surface area contributed by atoms with E-state index in [1.807, 2.05) is 43.4 Å². The molecule has 0 bridgehead atoms. The molecule has 11 heavy (non-hydrogen) atoms. The highest BCUT2D eigenvalue weighted by Gasteiger charge is 1.84. The van der Waals surface area contributed by atoms with Crippen molar-refractivity contribution in [3.05, 3.63) is 42.4 Å². The van der Waals surface area contributed by atoms with Gasteiger partial charge >= 0.3 is 0 Å². The minimum Gasteiger partial charge on any atom is -0.383 e. The van der Waals surface area contributed by atoms with Gasteiger partial charge in [-0.05, 0) is 12.1 Å². The summed E-state index contributed by atoms with van der Waals surface area (Å²) in [4.78, 5) is 6.01. The van der Waals surface area contributed by atoms with Crippen LogP contribution in [0.5, 0.6) is 0 Å². The van der Waals surface area contributed by atoms with Gasteiger partial charge in [-0.2, -0.15) is 0 Å². The minimum atomic E-state index is 0.862. The predicted octanol–water partition coefficient (Wildman–Crippen LogP) is 1.31. The summed E-state index contributed by atoms with van der Waals surface area (Å²) in [6.45, 7) is 0. The Kier molecular flexibility index (Phi) is 2.66. The Hall–Kier alpha value is -1.31. The molecule has 1 radical (unpaired) electrons. The largest absolute Gasteiger partial charge is 0.383 e. The van der Waals surface area contributed by atoms with E-state index >= 15 is 0 Å². The van der Waals surface area contributed by atoms with Crippen LogP contribution < -0.4 is 0 Å². The van der Waals surface area contributed by atoms with Crippen molar-refractivity contribution in [3.63, 3.8) is 0 Å². The zero-order chi connectivity index (χ0) is 8.10. The van der Waals surface area contributed by atoms with Gasteiger partial charge in [0, 0.05) is 32.6 Å². The smallest absolute Gasteiger partial charge is 0.0723 e. The molecule has 1 heterocycles. The fourth-order valence-corrected chi connectivity index (χ4v) is 0.643. The minimum absolute atomic E-state index is 0.862. The lowest BCUT2D eigenvalue weighted by atomic mass is 10.3. The molecule has 1 aromatic heterocycles. The standard InChI is InChI=1S/C9H11N2/c1-11(2)8-6-9-5-3-4-7-10-9/h3-5,7-8H,1-2H3. The van der Waals surface area contributed by atoms with E-state index in [0.29, 0.717) is 0 Å².